The van der Waals surface area contributed by atoms with Crippen LogP contribution in [-0.4, -0.2) is 12.5 Å². The van der Waals surface area contributed by atoms with Crippen LogP contribution < -0.4 is 15.7 Å². The van der Waals surface area contributed by atoms with Crippen molar-refractivity contribution in [3.63, 3.8) is 0 Å². The fourth-order valence-electron chi connectivity index (χ4n) is 2.94. The molecule has 2 aromatic carbocycles. The normalized spacial score (nSPS) is 12.0. The van der Waals surface area contributed by atoms with Gasteiger partial charge >= 0.3 is 5.63 Å². The zero-order valence-electron chi connectivity index (χ0n) is 15.3. The Kier molecular flexibility index (Phi) is 5.51. The van der Waals surface area contributed by atoms with Gasteiger partial charge in [-0.1, -0.05) is 23.7 Å². The molecule has 1 amide bonds. The Morgan fingerprint density at radius 1 is 1.22 bits per heavy atom. The third kappa shape index (κ3) is 4.31. The highest BCUT2D eigenvalue weighted by molar-refractivity contribution is 6.30. The lowest BCUT2D eigenvalue weighted by Gasteiger charge is -2.16. The van der Waals surface area contributed by atoms with Gasteiger partial charge in [-0.05, 0) is 56.2 Å². The summed E-state index contributed by atoms with van der Waals surface area (Å²) < 4.78 is 11.0. The van der Waals surface area contributed by atoms with E-state index in [2.05, 4.69) is 5.32 Å². The molecule has 0 saturated carbocycles. The predicted octanol–water partition coefficient (Wildman–Crippen LogP) is 4.32. The number of benzene rings is 2. The predicted molar refractivity (Wildman–Crippen MR) is 105 cm³/mol. The molecule has 0 radical (unpaired) electrons. The molecule has 0 aliphatic rings. The maximum atomic E-state index is 12.2. The molecule has 1 heterocycles. The lowest BCUT2D eigenvalue weighted by Crippen LogP contribution is -2.31. The first-order valence-corrected chi connectivity index (χ1v) is 8.94. The molecule has 5 nitrogen and oxygen atoms in total. The van der Waals surface area contributed by atoms with Crippen molar-refractivity contribution in [2.24, 2.45) is 0 Å². The number of nitrogens with one attached hydrogen (secondary N) is 1. The van der Waals surface area contributed by atoms with Crippen LogP contribution in [0.2, 0.25) is 5.02 Å². The van der Waals surface area contributed by atoms with Crippen LogP contribution in [0.25, 0.3) is 11.0 Å². The summed E-state index contributed by atoms with van der Waals surface area (Å²) >= 11 is 5.99. The van der Waals surface area contributed by atoms with Gasteiger partial charge in [0.2, 0.25) is 0 Å². The van der Waals surface area contributed by atoms with Crippen LogP contribution in [0, 0.1) is 13.8 Å². The topological polar surface area (TPSA) is 68.5 Å². The van der Waals surface area contributed by atoms with Gasteiger partial charge in [-0.15, -0.1) is 0 Å². The average Bonchev–Trinajstić information content (AvgIpc) is 2.61. The Balaban J connectivity index is 1.70. The number of ether oxygens (including phenoxy) is 1. The van der Waals surface area contributed by atoms with Crippen molar-refractivity contribution in [2.75, 3.05) is 6.61 Å². The molecule has 27 heavy (non-hydrogen) atoms. The van der Waals surface area contributed by atoms with Crippen LogP contribution in [-0.2, 0) is 4.79 Å². The number of amides is 1. The van der Waals surface area contributed by atoms with E-state index in [1.165, 1.54) is 6.07 Å². The second-order valence-electron chi connectivity index (χ2n) is 6.45. The highest BCUT2D eigenvalue weighted by Gasteiger charge is 2.13. The van der Waals surface area contributed by atoms with Crippen LogP contribution in [0.1, 0.15) is 29.7 Å². The number of hydrogen-bond donors (Lipinski definition) is 1. The van der Waals surface area contributed by atoms with Gasteiger partial charge in [0.15, 0.2) is 6.61 Å². The second kappa shape index (κ2) is 7.84. The second-order valence-corrected chi connectivity index (χ2v) is 6.88. The summed E-state index contributed by atoms with van der Waals surface area (Å²) in [5, 5.41) is 4.34. The molecule has 0 aliphatic carbocycles. The molecule has 1 unspecified atom stereocenters. The van der Waals surface area contributed by atoms with Crippen LogP contribution in [0.15, 0.2) is 51.7 Å². The van der Waals surface area contributed by atoms with Crippen molar-refractivity contribution in [1.82, 2.24) is 5.32 Å². The van der Waals surface area contributed by atoms with E-state index in [0.717, 1.165) is 16.5 Å². The molecular weight excluding hydrogens is 366 g/mol. The summed E-state index contributed by atoms with van der Waals surface area (Å²) in [6, 6.07) is 12.2. The maximum absolute atomic E-state index is 12.2. The van der Waals surface area contributed by atoms with Gasteiger partial charge in [-0.2, -0.15) is 0 Å². The number of halogens is 1. The van der Waals surface area contributed by atoms with Crippen LogP contribution in [0.5, 0.6) is 5.75 Å². The minimum Gasteiger partial charge on any atom is -0.483 e. The summed E-state index contributed by atoms with van der Waals surface area (Å²) in [7, 11) is 0. The number of rotatable bonds is 5. The fraction of sp³-hybridized carbons (Fsp3) is 0.238. The van der Waals surface area contributed by atoms with Crippen molar-refractivity contribution in [3.05, 3.63) is 74.6 Å². The Morgan fingerprint density at radius 2 is 2.00 bits per heavy atom. The number of carbonyl (C=O) groups is 1. The lowest BCUT2D eigenvalue weighted by molar-refractivity contribution is -0.123. The first-order valence-electron chi connectivity index (χ1n) is 8.57. The summed E-state index contributed by atoms with van der Waals surface area (Å²) in [6.07, 6.45) is 0. The minimum atomic E-state index is -0.409. The number of carbonyl (C=O) groups excluding carboxylic acids is 1. The summed E-state index contributed by atoms with van der Waals surface area (Å²) in [5.41, 5.74) is 2.50. The van der Waals surface area contributed by atoms with Crippen molar-refractivity contribution in [1.29, 1.82) is 0 Å². The van der Waals surface area contributed by atoms with Crippen LogP contribution in [0.3, 0.4) is 0 Å². The highest BCUT2D eigenvalue weighted by Crippen LogP contribution is 2.28. The van der Waals surface area contributed by atoms with E-state index in [1.54, 1.807) is 19.1 Å². The van der Waals surface area contributed by atoms with E-state index >= 15 is 0 Å². The molecule has 0 saturated heterocycles. The maximum Gasteiger partial charge on any atom is 0.336 e. The molecular formula is C21H20ClNO4. The van der Waals surface area contributed by atoms with E-state index in [-0.39, 0.29) is 18.6 Å². The first-order chi connectivity index (χ1) is 12.8. The molecule has 0 aliphatic heterocycles. The third-order valence-electron chi connectivity index (χ3n) is 4.40. The summed E-state index contributed by atoms with van der Waals surface area (Å²) in [4.78, 5) is 23.9. The van der Waals surface area contributed by atoms with Gasteiger partial charge in [-0.3, -0.25) is 4.79 Å². The number of fused-ring (bicyclic) bond motifs is 1. The van der Waals surface area contributed by atoms with E-state index in [0.29, 0.717) is 21.9 Å². The zero-order chi connectivity index (χ0) is 19.6. The van der Waals surface area contributed by atoms with Crippen LogP contribution >= 0.6 is 11.6 Å². The van der Waals surface area contributed by atoms with E-state index < -0.39 is 5.63 Å². The van der Waals surface area contributed by atoms with Crippen LogP contribution in [0.4, 0.5) is 0 Å². The molecule has 6 heteroatoms. The molecule has 3 aromatic rings. The standard InChI is InChI=1S/C21H20ClNO4/c1-12-9-20(25)27-21-13(2)18(8-7-17(12)21)26-11-19(24)23-14(3)15-5-4-6-16(22)10-15/h4-10,14H,11H2,1-3H3,(H,23,24). The molecule has 1 aromatic heterocycles. The SMILES string of the molecule is Cc1cc(=O)oc2c(C)c(OCC(=O)NC(C)c3cccc(Cl)c3)ccc12. The molecule has 140 valence electrons. The molecule has 1 atom stereocenters. The third-order valence-corrected chi connectivity index (χ3v) is 4.64. The van der Waals surface area contributed by atoms with E-state index in [4.69, 9.17) is 20.8 Å². The Bertz CT molecular complexity index is 1060. The van der Waals surface area contributed by atoms with Gasteiger partial charge in [0.25, 0.3) is 5.91 Å². The van der Waals surface area contributed by atoms with Crippen molar-refractivity contribution in [2.45, 2.75) is 26.8 Å². The molecule has 1 N–H and O–H groups in total. The monoisotopic (exact) mass is 385 g/mol. The fourth-order valence-corrected chi connectivity index (χ4v) is 3.14. The van der Waals surface area contributed by atoms with Gasteiger partial charge in [0.1, 0.15) is 11.3 Å². The molecule has 0 bridgehead atoms. The quantitative estimate of drug-likeness (QED) is 0.664. The molecule has 0 fully saturated rings. The lowest BCUT2D eigenvalue weighted by atomic mass is 10.1. The Hall–Kier alpha value is -2.79. The zero-order valence-corrected chi connectivity index (χ0v) is 16.1. The van der Waals surface area contributed by atoms with Gasteiger partial charge in [0, 0.05) is 22.0 Å². The van der Waals surface area contributed by atoms with E-state index in [9.17, 15) is 9.59 Å². The molecule has 3 rings (SSSR count). The van der Waals surface area contributed by atoms with E-state index in [1.807, 2.05) is 38.1 Å². The van der Waals surface area contributed by atoms with Gasteiger partial charge < -0.3 is 14.5 Å². The average molecular weight is 386 g/mol. The molecule has 0 spiro atoms. The smallest absolute Gasteiger partial charge is 0.336 e. The van der Waals surface area contributed by atoms with Crippen molar-refractivity contribution < 1.29 is 13.9 Å². The van der Waals surface area contributed by atoms with Gasteiger partial charge in [-0.25, -0.2) is 4.79 Å². The Labute approximate surface area is 161 Å². The van der Waals surface area contributed by atoms with Crippen molar-refractivity contribution >= 4 is 28.5 Å². The van der Waals surface area contributed by atoms with Crippen molar-refractivity contribution in [3.8, 4) is 5.75 Å². The Morgan fingerprint density at radius 3 is 2.74 bits per heavy atom. The minimum absolute atomic E-state index is 0.146. The largest absolute Gasteiger partial charge is 0.483 e. The number of aryl methyl sites for hydroxylation is 2. The highest BCUT2D eigenvalue weighted by atomic mass is 35.5. The summed E-state index contributed by atoms with van der Waals surface area (Å²) in [5.74, 6) is 0.245. The first kappa shape index (κ1) is 19.0. The van der Waals surface area contributed by atoms with Gasteiger partial charge in [0.05, 0.1) is 6.04 Å². The number of hydrogen-bond acceptors (Lipinski definition) is 4. The summed E-state index contributed by atoms with van der Waals surface area (Å²) in [6.45, 7) is 5.38.